The molecule has 3 aromatic heterocycles. The van der Waals surface area contributed by atoms with Crippen molar-refractivity contribution in [1.82, 2.24) is 8.97 Å². The fourth-order valence-electron chi connectivity index (χ4n) is 7.42. The normalized spacial score (nSPS) is 11.8. The average molecular weight is 616 g/mol. The van der Waals surface area contributed by atoms with Crippen LogP contribution in [0.5, 0.6) is 0 Å². The van der Waals surface area contributed by atoms with Gasteiger partial charge in [0.1, 0.15) is 16.8 Å². The monoisotopic (exact) mass is 615 g/mol. The van der Waals surface area contributed by atoms with E-state index in [9.17, 15) is 0 Å². The molecule has 0 fully saturated rings. The van der Waals surface area contributed by atoms with E-state index < -0.39 is 0 Å². The highest BCUT2D eigenvalue weighted by Crippen LogP contribution is 2.46. The molecular weight excluding hydrogens is 587 g/mol. The first kappa shape index (κ1) is 26.7. The molecule has 0 saturated heterocycles. The lowest BCUT2D eigenvalue weighted by Gasteiger charge is -2.26. The van der Waals surface area contributed by atoms with Crippen LogP contribution in [0.25, 0.3) is 66.3 Å². The molecule has 0 N–H and O–H groups in total. The predicted octanol–water partition coefficient (Wildman–Crippen LogP) is 12.1. The molecule has 0 spiro atoms. The number of imidazole rings is 1. The Kier molecular flexibility index (Phi) is 5.84. The summed E-state index contributed by atoms with van der Waals surface area (Å²) in [6.07, 6.45) is 0. The van der Waals surface area contributed by atoms with Gasteiger partial charge in [0.2, 0.25) is 0 Å². The van der Waals surface area contributed by atoms with Crippen LogP contribution in [0.2, 0.25) is 0 Å². The minimum absolute atomic E-state index is 0.908. The number of hydrogen-bond donors (Lipinski definition) is 0. The van der Waals surface area contributed by atoms with Crippen LogP contribution >= 0.6 is 0 Å². The summed E-state index contributed by atoms with van der Waals surface area (Å²) in [4.78, 5) is 2.40. The third-order valence-corrected chi connectivity index (χ3v) is 9.49. The van der Waals surface area contributed by atoms with E-state index in [0.29, 0.717) is 0 Å². The summed E-state index contributed by atoms with van der Waals surface area (Å²) < 4.78 is 11.2. The van der Waals surface area contributed by atoms with Crippen molar-refractivity contribution in [2.75, 3.05) is 4.90 Å². The van der Waals surface area contributed by atoms with E-state index in [1.54, 1.807) is 0 Å². The van der Waals surface area contributed by atoms with Crippen LogP contribution in [-0.4, -0.2) is 8.97 Å². The molecule has 0 bridgehead atoms. The maximum absolute atomic E-state index is 6.41. The van der Waals surface area contributed by atoms with Gasteiger partial charge in [-0.2, -0.15) is 0 Å². The van der Waals surface area contributed by atoms with Crippen LogP contribution in [0.4, 0.5) is 17.1 Å². The molecule has 0 aliphatic heterocycles. The molecule has 0 amide bonds. The van der Waals surface area contributed by atoms with Gasteiger partial charge in [0, 0.05) is 38.8 Å². The minimum atomic E-state index is 0.908. The molecule has 48 heavy (non-hydrogen) atoms. The zero-order valence-electron chi connectivity index (χ0n) is 26.0. The highest BCUT2D eigenvalue weighted by Gasteiger charge is 2.26. The lowest BCUT2D eigenvalue weighted by atomic mass is 10.0. The molecule has 4 heteroatoms. The van der Waals surface area contributed by atoms with Crippen LogP contribution in [0.3, 0.4) is 0 Å². The van der Waals surface area contributed by atoms with E-state index in [4.69, 9.17) is 4.42 Å². The van der Waals surface area contributed by atoms with E-state index in [1.165, 1.54) is 16.4 Å². The Hall–Kier alpha value is -6.52. The van der Waals surface area contributed by atoms with Crippen LogP contribution in [0, 0.1) is 0 Å². The average Bonchev–Trinajstić information content (AvgIpc) is 3.81. The lowest BCUT2D eigenvalue weighted by Crippen LogP contribution is -2.11. The lowest BCUT2D eigenvalue weighted by molar-refractivity contribution is 0.670. The maximum Gasteiger partial charge on any atom is 0.148 e. The predicted molar refractivity (Wildman–Crippen MR) is 199 cm³/mol. The molecule has 226 valence electrons. The summed E-state index contributed by atoms with van der Waals surface area (Å²) in [5.41, 5.74) is 13.0. The quantitative estimate of drug-likeness (QED) is 0.192. The van der Waals surface area contributed by atoms with Gasteiger partial charge >= 0.3 is 0 Å². The summed E-state index contributed by atoms with van der Waals surface area (Å²) in [5.74, 6) is 0. The Balaban J connectivity index is 1.24. The van der Waals surface area contributed by atoms with Gasteiger partial charge in [-0.3, -0.25) is 8.97 Å². The summed E-state index contributed by atoms with van der Waals surface area (Å²) in [6.45, 7) is 0. The van der Waals surface area contributed by atoms with Crippen LogP contribution in [0.1, 0.15) is 0 Å². The van der Waals surface area contributed by atoms with Crippen molar-refractivity contribution in [3.05, 3.63) is 176 Å². The fraction of sp³-hybridized carbons (Fsp3) is 0. The Bertz CT molecular complexity index is 2770. The topological polar surface area (TPSA) is 25.7 Å². The van der Waals surface area contributed by atoms with Gasteiger partial charge in [0.15, 0.2) is 0 Å². The number of nitrogens with zero attached hydrogens (tertiary/aromatic N) is 3. The van der Waals surface area contributed by atoms with Crippen LogP contribution in [-0.2, 0) is 0 Å². The van der Waals surface area contributed by atoms with E-state index in [1.807, 2.05) is 12.1 Å². The number of hydrogen-bond acceptors (Lipinski definition) is 2. The van der Waals surface area contributed by atoms with Crippen molar-refractivity contribution in [1.29, 1.82) is 0 Å². The molecule has 10 rings (SSSR count). The van der Waals surface area contributed by atoms with Crippen LogP contribution < -0.4 is 4.90 Å². The van der Waals surface area contributed by atoms with E-state index in [-0.39, 0.29) is 0 Å². The Labute approximate surface area is 276 Å². The number of rotatable bonds is 5. The molecular formula is C44H29N3O. The molecule has 0 unspecified atom stereocenters. The van der Waals surface area contributed by atoms with Gasteiger partial charge in [0.25, 0.3) is 0 Å². The third kappa shape index (κ3) is 3.90. The summed E-state index contributed by atoms with van der Waals surface area (Å²) in [5, 5.41) is 3.46. The highest BCUT2D eigenvalue weighted by molar-refractivity contribution is 6.12. The highest BCUT2D eigenvalue weighted by atomic mass is 16.3. The van der Waals surface area contributed by atoms with Gasteiger partial charge in [-0.15, -0.1) is 0 Å². The van der Waals surface area contributed by atoms with Crippen molar-refractivity contribution < 1.29 is 4.42 Å². The van der Waals surface area contributed by atoms with E-state index in [2.05, 4.69) is 178 Å². The Morgan fingerprint density at radius 2 is 1.04 bits per heavy atom. The fourth-order valence-corrected chi connectivity index (χ4v) is 7.42. The van der Waals surface area contributed by atoms with Gasteiger partial charge in [-0.05, 0) is 66.2 Å². The van der Waals surface area contributed by atoms with Gasteiger partial charge in [-0.1, -0.05) is 115 Å². The molecule has 0 aliphatic carbocycles. The smallest absolute Gasteiger partial charge is 0.148 e. The number of anilines is 3. The number of furan rings is 1. The minimum Gasteiger partial charge on any atom is -0.455 e. The Morgan fingerprint density at radius 1 is 0.438 bits per heavy atom. The number of fused-ring (bicyclic) bond motifs is 8. The molecule has 0 radical (unpaired) electrons. The summed E-state index contributed by atoms with van der Waals surface area (Å²) >= 11 is 0. The third-order valence-electron chi connectivity index (χ3n) is 9.49. The van der Waals surface area contributed by atoms with Crippen LogP contribution in [0.15, 0.2) is 180 Å². The van der Waals surface area contributed by atoms with E-state index in [0.717, 1.165) is 67.0 Å². The zero-order valence-corrected chi connectivity index (χ0v) is 26.0. The second-order valence-electron chi connectivity index (χ2n) is 12.2. The molecule has 0 atom stereocenters. The number of aromatic nitrogens is 2. The molecule has 10 aromatic rings. The van der Waals surface area contributed by atoms with Crippen molar-refractivity contribution in [2.45, 2.75) is 0 Å². The summed E-state index contributed by atoms with van der Waals surface area (Å²) in [7, 11) is 0. The van der Waals surface area contributed by atoms with Crippen molar-refractivity contribution >= 4 is 66.6 Å². The van der Waals surface area contributed by atoms with Gasteiger partial charge in [0.05, 0.1) is 22.2 Å². The maximum atomic E-state index is 6.41. The molecule has 0 aliphatic rings. The summed E-state index contributed by atoms with van der Waals surface area (Å²) in [6, 6.07) is 62.4. The second kappa shape index (κ2) is 10.5. The first-order valence-electron chi connectivity index (χ1n) is 16.3. The number of benzene rings is 7. The second-order valence-corrected chi connectivity index (χ2v) is 12.2. The van der Waals surface area contributed by atoms with Crippen molar-refractivity contribution in [3.8, 4) is 16.8 Å². The molecule has 3 heterocycles. The van der Waals surface area contributed by atoms with Gasteiger partial charge < -0.3 is 9.32 Å². The number of para-hydroxylation sites is 7. The standard InChI is InChI=1S/C44H29N3O/c1-3-14-31(15-4-1)45(33-28-26-30(27-29-33)34-20-13-21-36-35-18-8-12-25-41(35)48-43(34)36)42-37-19-7-9-22-38(37)47-40-24-11-10-23-39(40)46(44(42)47)32-16-5-2-6-17-32/h1-29H. The van der Waals surface area contributed by atoms with E-state index >= 15 is 0 Å². The SMILES string of the molecule is c1ccc(N(c2ccc(-c3cccc4c3oc3ccccc34)cc2)c2c3ccccc3n3c4ccccc4n(-c4ccccc4)c23)cc1. The largest absolute Gasteiger partial charge is 0.455 e. The van der Waals surface area contributed by atoms with Crippen molar-refractivity contribution in [3.63, 3.8) is 0 Å². The van der Waals surface area contributed by atoms with Crippen molar-refractivity contribution in [2.24, 2.45) is 0 Å². The zero-order chi connectivity index (χ0) is 31.6. The van der Waals surface area contributed by atoms with Gasteiger partial charge in [-0.25, -0.2) is 0 Å². The molecule has 0 saturated carbocycles. The Morgan fingerprint density at radius 3 is 1.83 bits per heavy atom. The molecule has 7 aromatic carbocycles. The molecule has 4 nitrogen and oxygen atoms in total. The first-order chi connectivity index (χ1) is 23.8. The first-order valence-corrected chi connectivity index (χ1v) is 16.3.